The van der Waals surface area contributed by atoms with E-state index in [1.807, 2.05) is 6.92 Å². The molecule has 0 unspecified atom stereocenters. The molecule has 6 nitrogen and oxygen atoms in total. The molecule has 0 atom stereocenters. The second kappa shape index (κ2) is 7.84. The third-order valence-electron chi connectivity index (χ3n) is 2.48. The lowest BCUT2D eigenvalue weighted by molar-refractivity contribution is -0.119. The van der Waals surface area contributed by atoms with E-state index in [0.717, 1.165) is 5.76 Å². The summed E-state index contributed by atoms with van der Waals surface area (Å²) in [5.74, 6) is 0.770. The van der Waals surface area contributed by atoms with Crippen LogP contribution in [-0.4, -0.2) is 18.0 Å². The van der Waals surface area contributed by atoms with Crippen LogP contribution in [0.25, 0.3) is 0 Å². The number of hydrazone groups is 1. The molecule has 0 spiro atoms. The van der Waals surface area contributed by atoms with Gasteiger partial charge in [0.05, 0.1) is 6.21 Å². The van der Waals surface area contributed by atoms with Crippen molar-refractivity contribution in [3.05, 3.63) is 47.1 Å². The molecule has 0 saturated carbocycles. The maximum absolute atomic E-state index is 11.8. The maximum Gasteiger partial charge on any atom is 0.267 e. The summed E-state index contributed by atoms with van der Waals surface area (Å²) in [6, 6.07) is 3.56. The number of hydrogen-bond acceptors (Lipinski definition) is 4. The van der Waals surface area contributed by atoms with E-state index in [9.17, 15) is 9.59 Å². The zero-order valence-electron chi connectivity index (χ0n) is 12.6. The molecule has 2 N–H and O–H groups in total. The van der Waals surface area contributed by atoms with Crippen molar-refractivity contribution in [2.24, 2.45) is 5.10 Å². The Kier molecular flexibility index (Phi) is 6.13. The van der Waals surface area contributed by atoms with Gasteiger partial charge in [-0.2, -0.15) is 5.10 Å². The highest BCUT2D eigenvalue weighted by Crippen LogP contribution is 2.03. The van der Waals surface area contributed by atoms with E-state index in [2.05, 4.69) is 15.8 Å². The highest BCUT2D eigenvalue weighted by atomic mass is 16.3. The number of nitrogens with zero attached hydrogens (tertiary/aromatic N) is 1. The molecule has 0 bridgehead atoms. The summed E-state index contributed by atoms with van der Waals surface area (Å²) < 4.78 is 5.28. The van der Waals surface area contributed by atoms with Gasteiger partial charge in [-0.15, -0.1) is 0 Å². The van der Waals surface area contributed by atoms with Gasteiger partial charge in [0.2, 0.25) is 5.91 Å². The van der Waals surface area contributed by atoms with Crippen molar-refractivity contribution in [1.82, 2.24) is 10.7 Å². The summed E-state index contributed by atoms with van der Waals surface area (Å²) in [6.07, 6.45) is 4.69. The number of carbonyl (C=O) groups excluding carboxylic acids is 2. The number of furan rings is 1. The van der Waals surface area contributed by atoms with Gasteiger partial charge >= 0.3 is 0 Å². The molecule has 1 aromatic heterocycles. The molecule has 0 radical (unpaired) electrons. The van der Waals surface area contributed by atoms with Crippen LogP contribution in [0.3, 0.4) is 0 Å². The highest BCUT2D eigenvalue weighted by molar-refractivity contribution is 5.94. The standard InChI is InChI=1S/C15H19N3O3/c1-5-13(17-12(4)19)8-10(2)15(20)18-16-9-14-7-6-11(3)21-14/h5-9H,1-4H3,(H,17,19)(H,18,20)/b10-8+,13-5+,16-9+. The van der Waals surface area contributed by atoms with Crippen molar-refractivity contribution < 1.29 is 14.0 Å². The van der Waals surface area contributed by atoms with Crippen LogP contribution in [0.15, 0.2) is 45.1 Å². The van der Waals surface area contributed by atoms with E-state index < -0.39 is 0 Å². The normalized spacial score (nSPS) is 12.6. The Hall–Kier alpha value is -2.63. The van der Waals surface area contributed by atoms with E-state index >= 15 is 0 Å². The fourth-order valence-corrected chi connectivity index (χ4v) is 1.46. The second-order valence-corrected chi connectivity index (χ2v) is 4.40. The molecule has 0 aliphatic carbocycles. The minimum atomic E-state index is -0.362. The van der Waals surface area contributed by atoms with Gasteiger partial charge in [0, 0.05) is 18.2 Å². The summed E-state index contributed by atoms with van der Waals surface area (Å²) in [6.45, 7) is 6.63. The average Bonchev–Trinajstić information content (AvgIpc) is 2.82. The minimum Gasteiger partial charge on any atom is -0.460 e. The van der Waals surface area contributed by atoms with Gasteiger partial charge in [-0.1, -0.05) is 6.08 Å². The van der Waals surface area contributed by atoms with Gasteiger partial charge < -0.3 is 9.73 Å². The number of nitrogens with one attached hydrogen (secondary N) is 2. The molecule has 1 aromatic rings. The van der Waals surface area contributed by atoms with Crippen molar-refractivity contribution in [1.29, 1.82) is 0 Å². The molecule has 0 saturated heterocycles. The Morgan fingerprint density at radius 1 is 1.29 bits per heavy atom. The van der Waals surface area contributed by atoms with Crippen LogP contribution < -0.4 is 10.7 Å². The van der Waals surface area contributed by atoms with Crippen molar-refractivity contribution >= 4 is 18.0 Å². The first-order valence-corrected chi connectivity index (χ1v) is 6.44. The predicted molar refractivity (Wildman–Crippen MR) is 80.5 cm³/mol. The topological polar surface area (TPSA) is 83.7 Å². The van der Waals surface area contributed by atoms with Gasteiger partial charge in [-0.05, 0) is 39.0 Å². The molecule has 0 fully saturated rings. The lowest BCUT2D eigenvalue weighted by Crippen LogP contribution is -2.21. The summed E-state index contributed by atoms with van der Waals surface area (Å²) in [5.41, 5.74) is 3.36. The van der Waals surface area contributed by atoms with Crippen LogP contribution in [0.2, 0.25) is 0 Å². The van der Waals surface area contributed by atoms with E-state index in [1.165, 1.54) is 13.1 Å². The third kappa shape index (κ3) is 5.90. The predicted octanol–water partition coefficient (Wildman–Crippen LogP) is 2.02. The first-order chi connectivity index (χ1) is 9.92. The lowest BCUT2D eigenvalue weighted by atomic mass is 10.2. The average molecular weight is 289 g/mol. The molecule has 0 aromatic carbocycles. The van der Waals surface area contributed by atoms with E-state index in [4.69, 9.17) is 4.42 Å². The SMILES string of the molecule is C/C=C(\C=C(/C)C(=O)N/N=C/c1ccc(C)o1)NC(C)=O. The molecule has 0 aliphatic rings. The van der Waals surface area contributed by atoms with Crippen molar-refractivity contribution in [2.75, 3.05) is 0 Å². The molecule has 21 heavy (non-hydrogen) atoms. The quantitative estimate of drug-likeness (QED) is 0.376. The Bertz CT molecular complexity index is 609. The zero-order valence-corrected chi connectivity index (χ0v) is 12.6. The molecule has 6 heteroatoms. The Morgan fingerprint density at radius 3 is 2.52 bits per heavy atom. The third-order valence-corrected chi connectivity index (χ3v) is 2.48. The van der Waals surface area contributed by atoms with Crippen LogP contribution in [0.5, 0.6) is 0 Å². The van der Waals surface area contributed by atoms with E-state index in [0.29, 0.717) is 17.0 Å². The number of aryl methyl sites for hydroxylation is 1. The minimum absolute atomic E-state index is 0.196. The molecule has 1 rings (SSSR count). The zero-order chi connectivity index (χ0) is 15.8. The summed E-state index contributed by atoms with van der Waals surface area (Å²) >= 11 is 0. The smallest absolute Gasteiger partial charge is 0.267 e. The highest BCUT2D eigenvalue weighted by Gasteiger charge is 2.04. The summed E-state index contributed by atoms with van der Waals surface area (Å²) in [5, 5.41) is 6.42. The van der Waals surface area contributed by atoms with Gasteiger partial charge in [0.1, 0.15) is 11.5 Å². The molecular weight excluding hydrogens is 270 g/mol. The van der Waals surface area contributed by atoms with E-state index in [1.54, 1.807) is 38.1 Å². The Morgan fingerprint density at radius 2 is 2.00 bits per heavy atom. The van der Waals surface area contributed by atoms with Crippen molar-refractivity contribution in [3.8, 4) is 0 Å². The molecule has 1 heterocycles. The van der Waals surface area contributed by atoms with E-state index in [-0.39, 0.29) is 11.8 Å². The number of amides is 2. The first kappa shape index (κ1) is 16.4. The second-order valence-electron chi connectivity index (χ2n) is 4.40. The molecule has 2 amide bonds. The Balaban J connectivity index is 2.61. The fraction of sp³-hybridized carbons (Fsp3) is 0.267. The fourth-order valence-electron chi connectivity index (χ4n) is 1.46. The van der Waals surface area contributed by atoms with Crippen LogP contribution in [0.4, 0.5) is 0 Å². The van der Waals surface area contributed by atoms with Gasteiger partial charge in [-0.3, -0.25) is 9.59 Å². The molecule has 0 aliphatic heterocycles. The Labute approximate surface area is 123 Å². The lowest BCUT2D eigenvalue weighted by Gasteiger charge is -2.04. The molecule has 112 valence electrons. The van der Waals surface area contributed by atoms with Gasteiger partial charge in [-0.25, -0.2) is 5.43 Å². The van der Waals surface area contributed by atoms with Crippen LogP contribution in [-0.2, 0) is 9.59 Å². The van der Waals surface area contributed by atoms with Crippen LogP contribution >= 0.6 is 0 Å². The summed E-state index contributed by atoms with van der Waals surface area (Å²) in [7, 11) is 0. The first-order valence-electron chi connectivity index (χ1n) is 6.44. The van der Waals surface area contributed by atoms with Crippen molar-refractivity contribution in [3.63, 3.8) is 0 Å². The number of hydrogen-bond donors (Lipinski definition) is 2. The van der Waals surface area contributed by atoms with Crippen molar-refractivity contribution in [2.45, 2.75) is 27.7 Å². The largest absolute Gasteiger partial charge is 0.460 e. The monoisotopic (exact) mass is 289 g/mol. The van der Waals surface area contributed by atoms with Crippen LogP contribution in [0.1, 0.15) is 32.3 Å². The maximum atomic E-state index is 11.8. The van der Waals surface area contributed by atoms with Gasteiger partial charge in [0.25, 0.3) is 5.91 Å². The van der Waals surface area contributed by atoms with Crippen LogP contribution in [0, 0.1) is 6.92 Å². The number of rotatable bonds is 5. The van der Waals surface area contributed by atoms with Gasteiger partial charge in [0.15, 0.2) is 0 Å². The number of allylic oxidation sites excluding steroid dienone is 2. The summed E-state index contributed by atoms with van der Waals surface area (Å²) in [4.78, 5) is 22.8. The number of carbonyl (C=O) groups is 2. The molecular formula is C15H19N3O3.